The maximum Gasteiger partial charge on any atom is 0.216 e. The smallest absolute Gasteiger partial charge is 0.216 e. The molecule has 1 aromatic carbocycles. The van der Waals surface area contributed by atoms with E-state index in [2.05, 4.69) is 27.0 Å². The zero-order valence-corrected chi connectivity index (χ0v) is 21.7. The zero-order chi connectivity index (χ0) is 21.3. The lowest BCUT2D eigenvalue weighted by atomic mass is 9.96. The molecular formula is C21H37IN4O3S. The Hall–Kier alpha value is -0.910. The van der Waals surface area contributed by atoms with Gasteiger partial charge < -0.3 is 15.0 Å². The van der Waals surface area contributed by atoms with Crippen molar-refractivity contribution in [2.24, 2.45) is 10.9 Å². The lowest BCUT2D eigenvalue weighted by molar-refractivity contribution is 0.0625. The van der Waals surface area contributed by atoms with Gasteiger partial charge in [0.05, 0.1) is 5.75 Å². The molecule has 1 aliphatic rings. The lowest BCUT2D eigenvalue weighted by Gasteiger charge is -2.26. The highest BCUT2D eigenvalue weighted by molar-refractivity contribution is 14.0. The van der Waals surface area contributed by atoms with Gasteiger partial charge in [-0.15, -0.1) is 24.0 Å². The molecule has 1 heterocycles. The Morgan fingerprint density at radius 2 is 1.80 bits per heavy atom. The van der Waals surface area contributed by atoms with Crippen LogP contribution in [-0.2, 0) is 27.1 Å². The van der Waals surface area contributed by atoms with E-state index >= 15 is 0 Å². The summed E-state index contributed by atoms with van der Waals surface area (Å²) < 4.78 is 32.1. The molecule has 0 bridgehead atoms. The zero-order valence-electron chi connectivity index (χ0n) is 18.6. The van der Waals surface area contributed by atoms with Crippen LogP contribution >= 0.6 is 24.0 Å². The normalized spacial score (nSPS) is 15.7. The molecule has 172 valence electrons. The molecule has 7 nitrogen and oxygen atoms in total. The highest BCUT2D eigenvalue weighted by Gasteiger charge is 2.16. The van der Waals surface area contributed by atoms with Crippen molar-refractivity contribution in [1.82, 2.24) is 14.9 Å². The fraction of sp³-hybridized carbons (Fsp3) is 0.667. The largest absolute Gasteiger partial charge is 0.381 e. The summed E-state index contributed by atoms with van der Waals surface area (Å²) in [6, 6.07) is 7.56. The van der Waals surface area contributed by atoms with Gasteiger partial charge in [-0.2, -0.15) is 0 Å². The van der Waals surface area contributed by atoms with E-state index in [1.165, 1.54) is 0 Å². The Morgan fingerprint density at radius 3 is 2.37 bits per heavy atom. The van der Waals surface area contributed by atoms with Gasteiger partial charge in [-0.1, -0.05) is 24.3 Å². The van der Waals surface area contributed by atoms with E-state index in [1.54, 1.807) is 7.05 Å². The molecule has 9 heteroatoms. The lowest BCUT2D eigenvalue weighted by Crippen LogP contribution is -2.39. The van der Waals surface area contributed by atoms with Gasteiger partial charge in [0.1, 0.15) is 0 Å². The number of sulfonamides is 1. The number of aliphatic imine (C=N–C) groups is 1. The fourth-order valence-electron chi connectivity index (χ4n) is 3.46. The van der Waals surface area contributed by atoms with Crippen molar-refractivity contribution in [2.45, 2.75) is 51.4 Å². The molecule has 0 unspecified atom stereocenters. The minimum absolute atomic E-state index is 0. The number of benzene rings is 1. The van der Waals surface area contributed by atoms with Gasteiger partial charge in [-0.25, -0.2) is 13.1 Å². The molecule has 1 aromatic rings. The van der Waals surface area contributed by atoms with Gasteiger partial charge in [-0.3, -0.25) is 4.99 Å². The third-order valence-corrected chi connectivity index (χ3v) is 6.58. The summed E-state index contributed by atoms with van der Waals surface area (Å²) in [5.41, 5.74) is 1.86. The fourth-order valence-corrected chi connectivity index (χ4v) is 4.89. The Bertz CT molecular complexity index is 748. The van der Waals surface area contributed by atoms with E-state index in [0.29, 0.717) is 6.54 Å². The maximum absolute atomic E-state index is 12.0. The van der Waals surface area contributed by atoms with Crippen molar-refractivity contribution >= 4 is 40.0 Å². The second kappa shape index (κ2) is 13.5. The van der Waals surface area contributed by atoms with Gasteiger partial charge in [0.15, 0.2) is 5.96 Å². The molecule has 0 aliphatic carbocycles. The molecule has 1 saturated heterocycles. The second-order valence-electron chi connectivity index (χ2n) is 8.01. The Kier molecular flexibility index (Phi) is 12.2. The van der Waals surface area contributed by atoms with E-state index in [4.69, 9.17) is 4.74 Å². The predicted octanol–water partition coefficient (Wildman–Crippen LogP) is 2.96. The number of nitrogens with zero attached hydrogens (tertiary/aromatic N) is 2. The minimum Gasteiger partial charge on any atom is -0.381 e. The third-order valence-electron chi connectivity index (χ3n) is 5.03. The molecule has 0 aromatic heterocycles. The number of hydrogen-bond donors (Lipinski definition) is 2. The molecule has 0 amide bonds. The number of ether oxygens (including phenoxy) is 1. The van der Waals surface area contributed by atoms with Crippen LogP contribution < -0.4 is 10.0 Å². The average molecular weight is 553 g/mol. The topological polar surface area (TPSA) is 83.0 Å². The molecule has 0 saturated carbocycles. The molecule has 2 rings (SSSR count). The molecule has 0 radical (unpaired) electrons. The predicted molar refractivity (Wildman–Crippen MR) is 134 cm³/mol. The van der Waals surface area contributed by atoms with E-state index in [1.807, 2.05) is 38.1 Å². The van der Waals surface area contributed by atoms with E-state index < -0.39 is 10.0 Å². The first-order valence-corrected chi connectivity index (χ1v) is 12.0. The quantitative estimate of drug-likeness (QED) is 0.280. The van der Waals surface area contributed by atoms with Crippen LogP contribution in [0.4, 0.5) is 0 Å². The molecule has 0 atom stereocenters. The first-order valence-electron chi connectivity index (χ1n) is 10.4. The summed E-state index contributed by atoms with van der Waals surface area (Å²) in [4.78, 5) is 6.54. The highest BCUT2D eigenvalue weighted by Crippen LogP contribution is 2.18. The minimum atomic E-state index is -3.30. The summed E-state index contributed by atoms with van der Waals surface area (Å²) in [5, 5.41) is 3.39. The van der Waals surface area contributed by atoms with Gasteiger partial charge in [0.2, 0.25) is 10.0 Å². The van der Waals surface area contributed by atoms with Crippen molar-refractivity contribution in [3.8, 4) is 0 Å². The van der Waals surface area contributed by atoms with Crippen LogP contribution in [0.5, 0.6) is 0 Å². The maximum atomic E-state index is 12.0. The molecular weight excluding hydrogens is 515 g/mol. The van der Waals surface area contributed by atoms with Crippen LogP contribution in [0, 0.1) is 5.92 Å². The summed E-state index contributed by atoms with van der Waals surface area (Å²) in [6.45, 7) is 7.01. The summed E-state index contributed by atoms with van der Waals surface area (Å²) >= 11 is 0. The van der Waals surface area contributed by atoms with Crippen LogP contribution in [0.3, 0.4) is 0 Å². The number of hydrogen-bond acceptors (Lipinski definition) is 4. The average Bonchev–Trinajstić information content (AvgIpc) is 2.67. The van der Waals surface area contributed by atoms with Crippen molar-refractivity contribution in [3.63, 3.8) is 0 Å². The monoisotopic (exact) mass is 552 g/mol. The standard InChI is InChI=1S/C21H36N4O3S.HI/c1-17(2)24-29(26,27)16-20-7-5-19(6-8-20)15-23-21(22-3)25(4)12-9-18-10-13-28-14-11-18;/h5-8,17-18,24H,9-16H2,1-4H3,(H,22,23);1H. The number of nitrogens with one attached hydrogen (secondary N) is 2. The van der Waals surface area contributed by atoms with Gasteiger partial charge >= 0.3 is 0 Å². The molecule has 1 aliphatic heterocycles. The van der Waals surface area contributed by atoms with Crippen molar-refractivity contribution < 1.29 is 13.2 Å². The second-order valence-corrected chi connectivity index (χ2v) is 9.77. The molecule has 30 heavy (non-hydrogen) atoms. The van der Waals surface area contributed by atoms with Crippen LogP contribution in [-0.4, -0.2) is 59.2 Å². The Labute approximate surface area is 199 Å². The summed E-state index contributed by atoms with van der Waals surface area (Å²) in [7, 11) is 0.552. The van der Waals surface area contributed by atoms with Crippen LogP contribution in [0.2, 0.25) is 0 Å². The van der Waals surface area contributed by atoms with Crippen LogP contribution in [0.1, 0.15) is 44.2 Å². The van der Waals surface area contributed by atoms with E-state index in [9.17, 15) is 8.42 Å². The van der Waals surface area contributed by atoms with Gasteiger partial charge in [0, 0.05) is 46.4 Å². The molecule has 2 N–H and O–H groups in total. The van der Waals surface area contributed by atoms with Crippen molar-refractivity contribution in [2.75, 3.05) is 33.9 Å². The highest BCUT2D eigenvalue weighted by atomic mass is 127. The Morgan fingerprint density at radius 1 is 1.20 bits per heavy atom. The number of halogens is 1. The van der Waals surface area contributed by atoms with Gasteiger partial charge in [0.25, 0.3) is 0 Å². The van der Waals surface area contributed by atoms with E-state index in [0.717, 1.165) is 62.0 Å². The first kappa shape index (κ1) is 27.1. The number of guanidine groups is 1. The number of rotatable bonds is 9. The molecule has 0 spiro atoms. The summed E-state index contributed by atoms with van der Waals surface area (Å²) in [5.74, 6) is 1.60. The van der Waals surface area contributed by atoms with Crippen LogP contribution in [0.15, 0.2) is 29.3 Å². The molecule has 1 fully saturated rings. The van der Waals surface area contributed by atoms with Crippen molar-refractivity contribution in [3.05, 3.63) is 35.4 Å². The SMILES string of the molecule is CN=C(NCc1ccc(CS(=O)(=O)NC(C)C)cc1)N(C)CCC1CCOCC1.I. The summed E-state index contributed by atoms with van der Waals surface area (Å²) in [6.07, 6.45) is 3.44. The first-order chi connectivity index (χ1) is 13.8. The Balaban J connectivity index is 0.00000450. The van der Waals surface area contributed by atoms with Gasteiger partial charge in [-0.05, 0) is 50.2 Å². The third kappa shape index (κ3) is 9.93. The van der Waals surface area contributed by atoms with Crippen molar-refractivity contribution in [1.29, 1.82) is 0 Å². The van der Waals surface area contributed by atoms with E-state index in [-0.39, 0.29) is 35.8 Å². The van der Waals surface area contributed by atoms with Crippen LogP contribution in [0.25, 0.3) is 0 Å².